The molecule has 0 heterocycles. The highest BCUT2D eigenvalue weighted by Crippen LogP contribution is 2.25. The first-order valence-electron chi connectivity index (χ1n) is 9.89. The normalized spacial score (nSPS) is 11.2. The summed E-state index contributed by atoms with van der Waals surface area (Å²) in [6.07, 6.45) is 1.74. The Hall–Kier alpha value is -3.64. The number of methoxy groups -OCH3 is 2. The number of nitrogens with one attached hydrogen (secondary N) is 1. The number of hydrogen-bond donors (Lipinski definition) is 1. The van der Waals surface area contributed by atoms with Crippen molar-refractivity contribution in [2.24, 2.45) is 0 Å². The van der Waals surface area contributed by atoms with Gasteiger partial charge in [0.05, 0.1) is 24.9 Å². The molecule has 0 aliphatic heterocycles. The number of fused-ring (bicyclic) bond motifs is 1. The molecule has 0 spiro atoms. The van der Waals surface area contributed by atoms with Gasteiger partial charge in [-0.2, -0.15) is 0 Å². The highest BCUT2D eigenvalue weighted by molar-refractivity contribution is 5.98. The van der Waals surface area contributed by atoms with Gasteiger partial charge in [-0.3, -0.25) is 4.79 Å². The molecule has 6 heteroatoms. The number of hydrogen-bond acceptors (Lipinski definition) is 5. The number of esters is 1. The maximum absolute atomic E-state index is 12.7. The van der Waals surface area contributed by atoms with Crippen LogP contribution in [0.25, 0.3) is 16.8 Å². The highest BCUT2D eigenvalue weighted by Gasteiger charge is 2.12. The summed E-state index contributed by atoms with van der Waals surface area (Å²) in [5.74, 6) is 0.0522. The Bertz CT molecular complexity index is 1070. The average Bonchev–Trinajstić information content (AvgIpc) is 2.81. The fourth-order valence-electron chi connectivity index (χ4n) is 3.06. The molecule has 0 saturated carbocycles. The van der Waals surface area contributed by atoms with E-state index in [9.17, 15) is 9.59 Å². The van der Waals surface area contributed by atoms with Crippen molar-refractivity contribution in [3.8, 4) is 5.75 Å². The molecule has 0 radical (unpaired) electrons. The first-order valence-corrected chi connectivity index (χ1v) is 9.89. The maximum atomic E-state index is 12.7. The molecule has 0 unspecified atom stereocenters. The quantitative estimate of drug-likeness (QED) is 0.324. The van der Waals surface area contributed by atoms with Crippen molar-refractivity contribution in [3.63, 3.8) is 0 Å². The number of carbonyl (C=O) groups excluding carboxylic acids is 2. The van der Waals surface area contributed by atoms with Gasteiger partial charge in [0.25, 0.3) is 5.91 Å². The minimum atomic E-state index is -0.410. The Kier molecular flexibility index (Phi) is 7.79. The molecule has 0 fully saturated rings. The van der Waals surface area contributed by atoms with E-state index in [0.29, 0.717) is 30.0 Å². The Morgan fingerprint density at radius 1 is 0.935 bits per heavy atom. The van der Waals surface area contributed by atoms with Crippen molar-refractivity contribution < 1.29 is 23.8 Å². The van der Waals surface area contributed by atoms with Gasteiger partial charge >= 0.3 is 5.97 Å². The van der Waals surface area contributed by atoms with Crippen LogP contribution < -0.4 is 10.1 Å². The van der Waals surface area contributed by atoms with Gasteiger partial charge in [0.1, 0.15) is 12.4 Å². The Morgan fingerprint density at radius 2 is 1.68 bits per heavy atom. The van der Waals surface area contributed by atoms with E-state index in [1.54, 1.807) is 37.5 Å². The van der Waals surface area contributed by atoms with Crippen molar-refractivity contribution in [3.05, 3.63) is 83.4 Å². The Labute approximate surface area is 181 Å². The summed E-state index contributed by atoms with van der Waals surface area (Å²) in [6.45, 7) is 0.894. The maximum Gasteiger partial charge on any atom is 0.337 e. The second kappa shape index (κ2) is 10.9. The first-order chi connectivity index (χ1) is 15.1. The third-order valence-corrected chi connectivity index (χ3v) is 4.69. The van der Waals surface area contributed by atoms with Gasteiger partial charge in [-0.1, -0.05) is 48.5 Å². The zero-order valence-electron chi connectivity index (χ0n) is 17.6. The molecule has 0 atom stereocenters. The number of benzene rings is 3. The molecule has 1 N–H and O–H groups in total. The zero-order valence-corrected chi connectivity index (χ0v) is 17.6. The fraction of sp³-hybridized carbons (Fsp3) is 0.200. The van der Waals surface area contributed by atoms with Crippen molar-refractivity contribution in [1.29, 1.82) is 0 Å². The molecular weight excluding hydrogens is 394 g/mol. The van der Waals surface area contributed by atoms with Crippen LogP contribution in [0.3, 0.4) is 0 Å². The van der Waals surface area contributed by atoms with Crippen molar-refractivity contribution in [2.75, 3.05) is 34.0 Å². The van der Waals surface area contributed by atoms with E-state index in [-0.39, 0.29) is 12.5 Å². The summed E-state index contributed by atoms with van der Waals surface area (Å²) >= 11 is 0. The minimum Gasteiger partial charge on any atom is -0.488 e. The predicted molar refractivity (Wildman–Crippen MR) is 120 cm³/mol. The third kappa shape index (κ3) is 5.93. The fourth-order valence-corrected chi connectivity index (χ4v) is 3.06. The lowest BCUT2D eigenvalue weighted by molar-refractivity contribution is -0.117. The summed E-state index contributed by atoms with van der Waals surface area (Å²) in [5, 5.41) is 4.87. The topological polar surface area (TPSA) is 73.9 Å². The molecule has 31 heavy (non-hydrogen) atoms. The first kappa shape index (κ1) is 22.1. The lowest BCUT2D eigenvalue weighted by Crippen LogP contribution is -2.30. The molecule has 0 bridgehead atoms. The van der Waals surface area contributed by atoms with Gasteiger partial charge in [0.2, 0.25) is 0 Å². The monoisotopic (exact) mass is 419 g/mol. The predicted octanol–water partition coefficient (Wildman–Crippen LogP) is 3.85. The largest absolute Gasteiger partial charge is 0.488 e. The second-order valence-corrected chi connectivity index (χ2v) is 6.80. The van der Waals surface area contributed by atoms with Crippen LogP contribution in [-0.4, -0.2) is 45.9 Å². The molecule has 3 rings (SSSR count). The Balaban J connectivity index is 1.82. The minimum absolute atomic E-state index is 0.0889. The lowest BCUT2D eigenvalue weighted by Gasteiger charge is -2.13. The molecule has 3 aromatic carbocycles. The standard InChI is InChI=1S/C25H25NO5/c1-29-15-14-26-24(27)21(16-18-10-12-20(13-11-18)25(28)30-2)17-31-23-9-5-7-19-6-3-4-8-22(19)23/h3-13,16H,14-15,17H2,1-2H3,(H,26,27)/b21-16+. The van der Waals surface area contributed by atoms with Crippen molar-refractivity contribution in [2.45, 2.75) is 0 Å². The van der Waals surface area contributed by atoms with Gasteiger partial charge < -0.3 is 19.5 Å². The van der Waals surface area contributed by atoms with E-state index in [1.807, 2.05) is 42.5 Å². The second-order valence-electron chi connectivity index (χ2n) is 6.80. The van der Waals surface area contributed by atoms with E-state index in [2.05, 4.69) is 5.32 Å². The summed E-state index contributed by atoms with van der Waals surface area (Å²) in [4.78, 5) is 24.4. The summed E-state index contributed by atoms with van der Waals surface area (Å²) in [5.41, 5.74) is 1.67. The van der Waals surface area contributed by atoms with Crippen LogP contribution in [0.1, 0.15) is 15.9 Å². The van der Waals surface area contributed by atoms with E-state index in [1.165, 1.54) is 7.11 Å². The number of ether oxygens (including phenoxy) is 3. The molecule has 6 nitrogen and oxygen atoms in total. The Morgan fingerprint density at radius 3 is 2.42 bits per heavy atom. The van der Waals surface area contributed by atoms with E-state index in [4.69, 9.17) is 14.2 Å². The molecule has 160 valence electrons. The summed E-state index contributed by atoms with van der Waals surface area (Å²) < 4.78 is 15.8. The molecular formula is C25H25NO5. The van der Waals surface area contributed by atoms with Crippen LogP contribution in [0.4, 0.5) is 0 Å². The van der Waals surface area contributed by atoms with Crippen LogP contribution in [0, 0.1) is 0 Å². The highest BCUT2D eigenvalue weighted by atomic mass is 16.5. The van der Waals surface area contributed by atoms with Gasteiger partial charge in [0, 0.05) is 19.0 Å². The van der Waals surface area contributed by atoms with Gasteiger partial charge in [0.15, 0.2) is 0 Å². The van der Waals surface area contributed by atoms with E-state index < -0.39 is 5.97 Å². The van der Waals surface area contributed by atoms with Crippen molar-refractivity contribution in [1.82, 2.24) is 5.32 Å². The molecule has 3 aromatic rings. The van der Waals surface area contributed by atoms with Gasteiger partial charge in [-0.25, -0.2) is 4.79 Å². The van der Waals surface area contributed by atoms with Crippen LogP contribution in [0.15, 0.2) is 72.3 Å². The van der Waals surface area contributed by atoms with Crippen LogP contribution >= 0.6 is 0 Å². The van der Waals surface area contributed by atoms with Crippen molar-refractivity contribution >= 4 is 28.7 Å². The van der Waals surface area contributed by atoms with Crippen LogP contribution in [0.2, 0.25) is 0 Å². The summed E-state index contributed by atoms with van der Waals surface area (Å²) in [6, 6.07) is 20.6. The van der Waals surface area contributed by atoms with E-state index >= 15 is 0 Å². The molecule has 0 aromatic heterocycles. The molecule has 0 aliphatic carbocycles. The van der Waals surface area contributed by atoms with Crippen LogP contribution in [0.5, 0.6) is 5.75 Å². The SMILES string of the molecule is COCCNC(=O)/C(=C/c1ccc(C(=O)OC)cc1)COc1cccc2ccccc12. The lowest BCUT2D eigenvalue weighted by atomic mass is 10.1. The molecule has 1 amide bonds. The summed E-state index contributed by atoms with van der Waals surface area (Å²) in [7, 11) is 2.92. The van der Waals surface area contributed by atoms with Gasteiger partial charge in [-0.05, 0) is 35.2 Å². The number of carbonyl (C=O) groups is 2. The third-order valence-electron chi connectivity index (χ3n) is 4.69. The smallest absolute Gasteiger partial charge is 0.337 e. The van der Waals surface area contributed by atoms with Crippen LogP contribution in [-0.2, 0) is 14.3 Å². The number of rotatable bonds is 9. The number of amides is 1. The zero-order chi connectivity index (χ0) is 22.1. The van der Waals surface area contributed by atoms with Gasteiger partial charge in [-0.15, -0.1) is 0 Å². The molecule has 0 aliphatic rings. The molecule has 0 saturated heterocycles. The van der Waals surface area contributed by atoms with E-state index in [0.717, 1.165) is 16.3 Å². The average molecular weight is 419 g/mol.